The van der Waals surface area contributed by atoms with Gasteiger partial charge in [-0.2, -0.15) is 0 Å². The largest absolute Gasteiger partial charge is 0.447 e. The number of amides is 1. The van der Waals surface area contributed by atoms with Crippen molar-refractivity contribution in [3.8, 4) is 0 Å². The van der Waals surface area contributed by atoms with Crippen LogP contribution < -0.4 is 0 Å². The standard InChI is InChI=1S/C11H17BN2O2/c1-6-8-9(3)12(16)14(5)11(15)10(4)13-7-2/h6-8,16H,1,4H2,2-3,5H3/b9-8+,13-7-. The van der Waals surface area contributed by atoms with E-state index >= 15 is 0 Å². The average molecular weight is 220 g/mol. The predicted octanol–water partition coefficient (Wildman–Crippen LogP) is 1.20. The summed E-state index contributed by atoms with van der Waals surface area (Å²) in [5.41, 5.74) is 0.717. The van der Waals surface area contributed by atoms with Crippen LogP contribution in [0.2, 0.25) is 0 Å². The molecule has 0 aromatic rings. The van der Waals surface area contributed by atoms with Crippen molar-refractivity contribution in [1.29, 1.82) is 0 Å². The van der Waals surface area contributed by atoms with Gasteiger partial charge in [-0.3, -0.25) is 9.79 Å². The summed E-state index contributed by atoms with van der Waals surface area (Å²) >= 11 is 0. The highest BCUT2D eigenvalue weighted by Gasteiger charge is 2.25. The second-order valence-corrected chi connectivity index (χ2v) is 3.27. The van der Waals surface area contributed by atoms with Crippen LogP contribution >= 0.6 is 0 Å². The lowest BCUT2D eigenvalue weighted by atomic mass is 9.72. The van der Waals surface area contributed by atoms with E-state index in [-0.39, 0.29) is 5.70 Å². The number of hydrogen-bond acceptors (Lipinski definition) is 3. The molecule has 1 N–H and O–H groups in total. The molecular formula is C11H17BN2O2. The maximum atomic E-state index is 11.7. The fraction of sp³-hybridized carbons (Fsp3) is 0.273. The molecule has 0 heterocycles. The molecule has 0 aliphatic heterocycles. The van der Waals surface area contributed by atoms with Gasteiger partial charge in [0.15, 0.2) is 0 Å². The number of allylic oxidation sites excluding steroid dienone is 3. The minimum atomic E-state index is -0.991. The molecule has 5 heteroatoms. The predicted molar refractivity (Wildman–Crippen MR) is 68.0 cm³/mol. The van der Waals surface area contributed by atoms with Gasteiger partial charge in [0, 0.05) is 6.21 Å². The molecule has 0 saturated heterocycles. The second kappa shape index (κ2) is 6.79. The summed E-state index contributed by atoms with van der Waals surface area (Å²) in [6, 6.07) is 0. The van der Waals surface area contributed by atoms with E-state index in [1.54, 1.807) is 26.0 Å². The zero-order valence-electron chi connectivity index (χ0n) is 9.97. The van der Waals surface area contributed by atoms with Crippen LogP contribution in [0.15, 0.2) is 41.5 Å². The van der Waals surface area contributed by atoms with Gasteiger partial charge in [0.1, 0.15) is 5.70 Å². The highest BCUT2D eigenvalue weighted by atomic mass is 16.2. The van der Waals surface area contributed by atoms with Gasteiger partial charge in [0.05, 0.1) is 0 Å². The van der Waals surface area contributed by atoms with E-state index in [2.05, 4.69) is 18.2 Å². The first kappa shape index (κ1) is 14.4. The quantitative estimate of drug-likeness (QED) is 0.327. The Morgan fingerprint density at radius 3 is 2.56 bits per heavy atom. The SMILES string of the molecule is C=C/C=C(\C)B(O)N(C)C(=O)C(=C)/N=C\C. The molecule has 16 heavy (non-hydrogen) atoms. The molecule has 4 nitrogen and oxygen atoms in total. The smallest absolute Gasteiger partial charge is 0.429 e. The van der Waals surface area contributed by atoms with Crippen molar-refractivity contribution in [2.45, 2.75) is 13.8 Å². The molecule has 0 aromatic carbocycles. The molecule has 0 aliphatic carbocycles. The molecule has 1 amide bonds. The number of carbonyl (C=O) groups excluding carboxylic acids is 1. The molecular weight excluding hydrogens is 203 g/mol. The molecule has 0 spiro atoms. The van der Waals surface area contributed by atoms with Gasteiger partial charge in [-0.1, -0.05) is 30.8 Å². The molecule has 0 fully saturated rings. The fourth-order valence-corrected chi connectivity index (χ4v) is 1.10. The summed E-state index contributed by atoms with van der Waals surface area (Å²) in [4.78, 5) is 16.6. The van der Waals surface area contributed by atoms with Crippen molar-refractivity contribution in [2.75, 3.05) is 7.05 Å². The topological polar surface area (TPSA) is 52.9 Å². The summed E-state index contributed by atoms with van der Waals surface area (Å²) in [5.74, 6) is -0.414. The van der Waals surface area contributed by atoms with Crippen LogP contribution in [0.3, 0.4) is 0 Å². The van der Waals surface area contributed by atoms with Crippen LogP contribution in [-0.4, -0.2) is 36.1 Å². The van der Waals surface area contributed by atoms with Crippen LogP contribution in [-0.2, 0) is 4.79 Å². The third-order valence-corrected chi connectivity index (χ3v) is 2.01. The van der Waals surface area contributed by atoms with Crippen molar-refractivity contribution in [1.82, 2.24) is 4.81 Å². The minimum Gasteiger partial charge on any atom is -0.429 e. The summed E-state index contributed by atoms with van der Waals surface area (Å²) in [6.45, 7) is 10.4. The van der Waals surface area contributed by atoms with E-state index in [9.17, 15) is 9.82 Å². The number of hydrogen-bond donors (Lipinski definition) is 1. The first-order chi connectivity index (χ1) is 7.45. The van der Waals surface area contributed by atoms with Gasteiger partial charge in [-0.15, -0.1) is 0 Å². The maximum absolute atomic E-state index is 11.7. The van der Waals surface area contributed by atoms with Gasteiger partial charge in [0.2, 0.25) is 0 Å². The number of aliphatic imine (C=N–C) groups is 1. The van der Waals surface area contributed by atoms with Gasteiger partial charge >= 0.3 is 7.05 Å². The Morgan fingerprint density at radius 2 is 2.12 bits per heavy atom. The Hall–Kier alpha value is -1.62. The maximum Gasteiger partial charge on any atom is 0.447 e. The summed E-state index contributed by atoms with van der Waals surface area (Å²) < 4.78 is 0. The van der Waals surface area contributed by atoms with Crippen LogP contribution in [0.1, 0.15) is 13.8 Å². The van der Waals surface area contributed by atoms with Crippen molar-refractivity contribution in [3.05, 3.63) is 36.5 Å². The molecule has 0 atom stereocenters. The van der Waals surface area contributed by atoms with Gasteiger partial charge in [-0.05, 0) is 20.9 Å². The Balaban J connectivity index is 4.73. The third kappa shape index (κ3) is 3.86. The Labute approximate surface area is 96.8 Å². The zero-order chi connectivity index (χ0) is 12.7. The molecule has 0 aromatic heterocycles. The monoisotopic (exact) mass is 220 g/mol. The molecule has 0 aliphatic rings. The lowest BCUT2D eigenvalue weighted by Crippen LogP contribution is -2.42. The lowest BCUT2D eigenvalue weighted by molar-refractivity contribution is -0.122. The summed E-state index contributed by atoms with van der Waals surface area (Å²) in [6.07, 6.45) is 4.67. The highest BCUT2D eigenvalue weighted by Crippen LogP contribution is 2.06. The first-order valence-corrected chi connectivity index (χ1v) is 4.87. The van der Waals surface area contributed by atoms with Crippen molar-refractivity contribution >= 4 is 19.2 Å². The van der Waals surface area contributed by atoms with Crippen molar-refractivity contribution in [3.63, 3.8) is 0 Å². The first-order valence-electron chi connectivity index (χ1n) is 4.87. The number of nitrogens with zero attached hydrogens (tertiary/aromatic N) is 2. The highest BCUT2D eigenvalue weighted by molar-refractivity contribution is 6.59. The number of likely N-dealkylation sites (N-methyl/N-ethyl adjacent to an activating group) is 1. The van der Waals surface area contributed by atoms with E-state index in [0.29, 0.717) is 5.47 Å². The van der Waals surface area contributed by atoms with Crippen molar-refractivity contribution in [2.24, 2.45) is 4.99 Å². The van der Waals surface area contributed by atoms with E-state index in [4.69, 9.17) is 0 Å². The molecule has 0 rings (SSSR count). The van der Waals surface area contributed by atoms with E-state index in [1.165, 1.54) is 18.1 Å². The van der Waals surface area contributed by atoms with Crippen LogP contribution in [0, 0.1) is 0 Å². The summed E-state index contributed by atoms with van der Waals surface area (Å²) in [5, 5.41) is 9.80. The molecule has 0 bridgehead atoms. The number of rotatable bonds is 5. The molecule has 0 saturated carbocycles. The molecule has 0 radical (unpaired) electrons. The van der Waals surface area contributed by atoms with Gasteiger partial charge in [-0.25, -0.2) is 0 Å². The number of carbonyl (C=O) groups is 1. The summed E-state index contributed by atoms with van der Waals surface area (Å²) in [7, 11) is 0.498. The van der Waals surface area contributed by atoms with Crippen LogP contribution in [0.4, 0.5) is 0 Å². The van der Waals surface area contributed by atoms with Gasteiger partial charge < -0.3 is 9.83 Å². The van der Waals surface area contributed by atoms with E-state index < -0.39 is 13.0 Å². The normalized spacial score (nSPS) is 11.4. The van der Waals surface area contributed by atoms with Crippen molar-refractivity contribution < 1.29 is 9.82 Å². The zero-order valence-corrected chi connectivity index (χ0v) is 9.97. The Kier molecular flexibility index (Phi) is 6.11. The fourth-order valence-electron chi connectivity index (χ4n) is 1.10. The third-order valence-electron chi connectivity index (χ3n) is 2.01. The average Bonchev–Trinajstić information content (AvgIpc) is 2.26. The van der Waals surface area contributed by atoms with Crippen LogP contribution in [0.25, 0.3) is 0 Å². The Bertz CT molecular complexity index is 348. The van der Waals surface area contributed by atoms with Gasteiger partial charge in [0.25, 0.3) is 5.91 Å². The molecule has 0 unspecified atom stereocenters. The Morgan fingerprint density at radius 1 is 1.56 bits per heavy atom. The molecule has 86 valence electrons. The van der Waals surface area contributed by atoms with E-state index in [1.807, 2.05) is 0 Å². The minimum absolute atomic E-state index is 0.0930. The van der Waals surface area contributed by atoms with Crippen LogP contribution in [0.5, 0.6) is 0 Å². The van der Waals surface area contributed by atoms with E-state index in [0.717, 1.165) is 0 Å². The lowest BCUT2D eigenvalue weighted by Gasteiger charge is -2.20. The second-order valence-electron chi connectivity index (χ2n) is 3.27.